The molecule has 0 heterocycles. The second-order valence-corrected chi connectivity index (χ2v) is 6.05. The maximum Gasteiger partial charge on any atom is 0.223 e. The van der Waals surface area contributed by atoms with Gasteiger partial charge in [0.1, 0.15) is 0 Å². The molecule has 3 heteroatoms. The summed E-state index contributed by atoms with van der Waals surface area (Å²) in [5, 5.41) is 3.17. The fraction of sp³-hybridized carbons (Fsp3) is 0.929. The Hall–Kier alpha value is -0.570. The first-order valence-corrected chi connectivity index (χ1v) is 7.18. The smallest absolute Gasteiger partial charge is 0.223 e. The first-order chi connectivity index (χ1) is 8.15. The van der Waals surface area contributed by atoms with E-state index in [0.717, 1.165) is 32.2 Å². The van der Waals surface area contributed by atoms with Crippen LogP contribution in [0.5, 0.6) is 0 Å². The minimum atomic E-state index is 0.174. The second kappa shape index (κ2) is 5.38. The van der Waals surface area contributed by atoms with Crippen LogP contribution in [0.15, 0.2) is 0 Å². The van der Waals surface area contributed by atoms with Crippen molar-refractivity contribution in [3.05, 3.63) is 0 Å². The number of nitrogens with one attached hydrogen (secondary N) is 1. The molecule has 1 amide bonds. The van der Waals surface area contributed by atoms with Crippen LogP contribution in [0.1, 0.15) is 58.3 Å². The molecule has 0 aromatic carbocycles. The van der Waals surface area contributed by atoms with Gasteiger partial charge in [0, 0.05) is 18.5 Å². The van der Waals surface area contributed by atoms with Crippen molar-refractivity contribution in [1.29, 1.82) is 0 Å². The van der Waals surface area contributed by atoms with Gasteiger partial charge in [-0.15, -0.1) is 0 Å². The summed E-state index contributed by atoms with van der Waals surface area (Å²) in [6.07, 6.45) is 9.20. The van der Waals surface area contributed by atoms with Crippen LogP contribution in [0.3, 0.4) is 0 Å². The molecule has 3 N–H and O–H groups in total. The Balaban J connectivity index is 1.76. The van der Waals surface area contributed by atoms with E-state index in [1.807, 2.05) is 0 Å². The summed E-state index contributed by atoms with van der Waals surface area (Å²) in [4.78, 5) is 12.1. The quantitative estimate of drug-likeness (QED) is 0.789. The van der Waals surface area contributed by atoms with E-state index in [4.69, 9.17) is 5.73 Å². The fourth-order valence-corrected chi connectivity index (χ4v) is 3.22. The van der Waals surface area contributed by atoms with Crippen molar-refractivity contribution in [1.82, 2.24) is 5.32 Å². The molecule has 2 atom stereocenters. The molecule has 2 unspecified atom stereocenters. The van der Waals surface area contributed by atoms with E-state index in [2.05, 4.69) is 12.2 Å². The number of carbonyl (C=O) groups excluding carboxylic acids is 1. The molecule has 0 spiro atoms. The van der Waals surface area contributed by atoms with Crippen molar-refractivity contribution < 1.29 is 4.79 Å². The zero-order valence-electron chi connectivity index (χ0n) is 11.0. The maximum atomic E-state index is 12.1. The molecule has 0 radical (unpaired) electrons. The number of rotatable bonds is 4. The summed E-state index contributed by atoms with van der Waals surface area (Å²) in [5.74, 6) is 0.424. The van der Waals surface area contributed by atoms with Gasteiger partial charge in [-0.05, 0) is 43.9 Å². The minimum Gasteiger partial charge on any atom is -0.355 e. The van der Waals surface area contributed by atoms with Crippen LogP contribution in [-0.2, 0) is 4.79 Å². The summed E-state index contributed by atoms with van der Waals surface area (Å²) in [5.41, 5.74) is 6.35. The highest BCUT2D eigenvalue weighted by atomic mass is 16.1. The number of hydrogen-bond acceptors (Lipinski definition) is 2. The van der Waals surface area contributed by atoms with Gasteiger partial charge in [-0.25, -0.2) is 0 Å². The van der Waals surface area contributed by atoms with Gasteiger partial charge in [-0.1, -0.05) is 19.8 Å². The molecule has 2 fully saturated rings. The van der Waals surface area contributed by atoms with Crippen LogP contribution in [-0.4, -0.2) is 18.5 Å². The monoisotopic (exact) mass is 238 g/mol. The number of hydrogen-bond donors (Lipinski definition) is 2. The zero-order valence-corrected chi connectivity index (χ0v) is 11.0. The van der Waals surface area contributed by atoms with Gasteiger partial charge in [-0.2, -0.15) is 0 Å². The Kier molecular flexibility index (Phi) is 4.08. The standard InChI is InChI=1S/C14H26N2O/c1-2-14(7-4-8-14)10-16-13(17)11-5-3-6-12(15)9-11/h11-12H,2-10,15H2,1H3,(H,16,17). The molecular weight excluding hydrogens is 212 g/mol. The van der Waals surface area contributed by atoms with Crippen LogP contribution in [0.2, 0.25) is 0 Å². The third-order valence-corrected chi connectivity index (χ3v) is 4.89. The molecule has 0 saturated heterocycles. The number of nitrogens with two attached hydrogens (primary N) is 1. The Labute approximate surface area is 105 Å². The normalized spacial score (nSPS) is 31.6. The molecule has 0 aromatic heterocycles. The highest BCUT2D eigenvalue weighted by molar-refractivity contribution is 5.78. The topological polar surface area (TPSA) is 55.1 Å². The lowest BCUT2D eigenvalue weighted by Crippen LogP contribution is -2.45. The lowest BCUT2D eigenvalue weighted by atomic mass is 9.67. The van der Waals surface area contributed by atoms with Crippen LogP contribution in [0, 0.1) is 11.3 Å². The van der Waals surface area contributed by atoms with Crippen LogP contribution in [0.25, 0.3) is 0 Å². The van der Waals surface area contributed by atoms with E-state index in [1.165, 1.54) is 25.7 Å². The van der Waals surface area contributed by atoms with Gasteiger partial charge in [0.2, 0.25) is 5.91 Å². The van der Waals surface area contributed by atoms with E-state index < -0.39 is 0 Å². The molecule has 2 aliphatic carbocycles. The van der Waals surface area contributed by atoms with Crippen LogP contribution in [0.4, 0.5) is 0 Å². The van der Waals surface area contributed by atoms with E-state index in [0.29, 0.717) is 5.41 Å². The molecule has 98 valence electrons. The lowest BCUT2D eigenvalue weighted by molar-refractivity contribution is -0.127. The van der Waals surface area contributed by atoms with E-state index in [9.17, 15) is 4.79 Å². The van der Waals surface area contributed by atoms with Crippen molar-refractivity contribution in [2.45, 2.75) is 64.3 Å². The largest absolute Gasteiger partial charge is 0.355 e. The van der Waals surface area contributed by atoms with Gasteiger partial charge in [0.25, 0.3) is 0 Å². The van der Waals surface area contributed by atoms with E-state index >= 15 is 0 Å². The Bertz CT molecular complexity index is 268. The molecule has 2 aliphatic rings. The second-order valence-electron chi connectivity index (χ2n) is 6.05. The summed E-state index contributed by atoms with van der Waals surface area (Å²) in [7, 11) is 0. The Morgan fingerprint density at radius 1 is 1.35 bits per heavy atom. The third-order valence-electron chi connectivity index (χ3n) is 4.89. The SMILES string of the molecule is CCC1(CNC(=O)C2CCCC(N)C2)CCC1. The average molecular weight is 238 g/mol. The Morgan fingerprint density at radius 3 is 2.65 bits per heavy atom. The van der Waals surface area contributed by atoms with Crippen LogP contribution >= 0.6 is 0 Å². The summed E-state index contributed by atoms with van der Waals surface area (Å²) >= 11 is 0. The van der Waals surface area contributed by atoms with Crippen molar-refractivity contribution >= 4 is 5.91 Å². The van der Waals surface area contributed by atoms with Gasteiger partial charge in [0.15, 0.2) is 0 Å². The van der Waals surface area contributed by atoms with E-state index in [1.54, 1.807) is 0 Å². The molecule has 2 rings (SSSR count). The predicted octanol–water partition coefficient (Wildman–Crippen LogP) is 2.20. The van der Waals surface area contributed by atoms with E-state index in [-0.39, 0.29) is 17.9 Å². The maximum absolute atomic E-state index is 12.1. The van der Waals surface area contributed by atoms with Gasteiger partial charge >= 0.3 is 0 Å². The first kappa shape index (κ1) is 12.9. The average Bonchev–Trinajstić information content (AvgIpc) is 2.28. The van der Waals surface area contributed by atoms with Gasteiger partial charge in [0.05, 0.1) is 0 Å². The molecule has 3 nitrogen and oxygen atoms in total. The number of carbonyl (C=O) groups is 1. The Morgan fingerprint density at radius 2 is 2.12 bits per heavy atom. The molecule has 0 aromatic rings. The van der Waals surface area contributed by atoms with Gasteiger partial charge in [-0.3, -0.25) is 4.79 Å². The highest BCUT2D eigenvalue weighted by Gasteiger charge is 2.36. The van der Waals surface area contributed by atoms with Crippen molar-refractivity contribution in [2.75, 3.05) is 6.54 Å². The minimum absolute atomic E-state index is 0.174. The summed E-state index contributed by atoms with van der Waals surface area (Å²) in [6, 6.07) is 0.239. The summed E-state index contributed by atoms with van der Waals surface area (Å²) in [6.45, 7) is 3.12. The molecule has 0 bridgehead atoms. The van der Waals surface area contributed by atoms with Crippen LogP contribution < -0.4 is 11.1 Å². The third kappa shape index (κ3) is 3.01. The fourth-order valence-electron chi connectivity index (χ4n) is 3.22. The molecule has 2 saturated carbocycles. The van der Waals surface area contributed by atoms with Gasteiger partial charge < -0.3 is 11.1 Å². The van der Waals surface area contributed by atoms with Crippen molar-refractivity contribution in [3.63, 3.8) is 0 Å². The molecular formula is C14H26N2O. The van der Waals surface area contributed by atoms with Crippen molar-refractivity contribution in [2.24, 2.45) is 17.1 Å². The predicted molar refractivity (Wildman–Crippen MR) is 69.5 cm³/mol. The first-order valence-electron chi connectivity index (χ1n) is 7.18. The number of amides is 1. The summed E-state index contributed by atoms with van der Waals surface area (Å²) < 4.78 is 0. The highest BCUT2D eigenvalue weighted by Crippen LogP contribution is 2.43. The lowest BCUT2D eigenvalue weighted by Gasteiger charge is -2.41. The van der Waals surface area contributed by atoms with Crippen molar-refractivity contribution in [3.8, 4) is 0 Å². The zero-order chi connectivity index (χ0) is 12.3. The molecule has 17 heavy (non-hydrogen) atoms. The molecule has 0 aliphatic heterocycles.